The highest BCUT2D eigenvalue weighted by atomic mass is 32.2. The third kappa shape index (κ3) is 2.61. The zero-order valence-corrected chi connectivity index (χ0v) is 18.1. The lowest BCUT2D eigenvalue weighted by atomic mass is 9.83. The molecule has 6 rings (SSSR count). The largest absolute Gasteiger partial charge is 0.350 e. The van der Waals surface area contributed by atoms with Gasteiger partial charge in [-0.25, -0.2) is 0 Å². The number of fused-ring (bicyclic) bond motifs is 3. The van der Waals surface area contributed by atoms with Crippen molar-refractivity contribution in [3.63, 3.8) is 0 Å². The summed E-state index contributed by atoms with van der Waals surface area (Å²) in [5.41, 5.74) is 2.78. The SMILES string of the molecule is Cn1cc([C@H]2c3sc(=O)n(-c4ccccc4)c3S[C@@H]3C(=O)NC(=O)[C@H]23)c2ccccc21. The van der Waals surface area contributed by atoms with E-state index in [-0.39, 0.29) is 22.6 Å². The molecule has 0 unspecified atom stereocenters. The van der Waals surface area contributed by atoms with E-state index in [2.05, 4.69) is 5.32 Å². The van der Waals surface area contributed by atoms with Gasteiger partial charge in [0.2, 0.25) is 11.8 Å². The van der Waals surface area contributed by atoms with Crippen LogP contribution in [-0.2, 0) is 16.6 Å². The Morgan fingerprint density at radius 2 is 1.68 bits per heavy atom. The van der Waals surface area contributed by atoms with Crippen LogP contribution in [0.25, 0.3) is 16.6 Å². The Kier molecular flexibility index (Phi) is 4.03. The Hall–Kier alpha value is -3.10. The van der Waals surface area contributed by atoms with Crippen molar-refractivity contribution in [2.24, 2.45) is 13.0 Å². The number of nitrogens with zero attached hydrogens (tertiary/aromatic N) is 2. The smallest absolute Gasteiger partial charge is 0.312 e. The number of rotatable bonds is 2. The predicted octanol–water partition coefficient (Wildman–Crippen LogP) is 3.27. The van der Waals surface area contributed by atoms with Crippen LogP contribution in [0.5, 0.6) is 0 Å². The molecule has 3 atom stereocenters. The van der Waals surface area contributed by atoms with E-state index in [1.54, 1.807) is 4.57 Å². The molecule has 0 bridgehead atoms. The average Bonchev–Trinajstić information content (AvgIpc) is 3.38. The second-order valence-electron chi connectivity index (χ2n) is 7.82. The van der Waals surface area contributed by atoms with Crippen LogP contribution in [0.15, 0.2) is 70.6 Å². The molecule has 154 valence electrons. The maximum atomic E-state index is 13.1. The van der Waals surface area contributed by atoms with Crippen molar-refractivity contribution >= 4 is 45.8 Å². The fourth-order valence-electron chi connectivity index (χ4n) is 4.75. The second-order valence-corrected chi connectivity index (χ2v) is 9.94. The van der Waals surface area contributed by atoms with Gasteiger partial charge in [0, 0.05) is 34.9 Å². The van der Waals surface area contributed by atoms with E-state index < -0.39 is 11.2 Å². The third-order valence-corrected chi connectivity index (χ3v) is 8.63. The topological polar surface area (TPSA) is 73.1 Å². The molecule has 2 aliphatic rings. The molecule has 4 aromatic rings. The van der Waals surface area contributed by atoms with Crippen molar-refractivity contribution in [1.29, 1.82) is 0 Å². The summed E-state index contributed by atoms with van der Waals surface area (Å²) >= 11 is 2.50. The molecule has 0 aliphatic carbocycles. The van der Waals surface area contributed by atoms with Crippen LogP contribution in [0.2, 0.25) is 0 Å². The number of imide groups is 1. The maximum absolute atomic E-state index is 13.1. The van der Waals surface area contributed by atoms with E-state index in [1.807, 2.05) is 72.4 Å². The number of thiazole rings is 1. The quantitative estimate of drug-likeness (QED) is 0.479. The van der Waals surface area contributed by atoms with Gasteiger partial charge in [-0.1, -0.05) is 59.5 Å². The lowest BCUT2D eigenvalue weighted by Crippen LogP contribution is -2.31. The zero-order valence-electron chi connectivity index (χ0n) is 16.4. The van der Waals surface area contributed by atoms with E-state index in [9.17, 15) is 14.4 Å². The summed E-state index contributed by atoms with van der Waals surface area (Å²) in [5.74, 6) is -1.45. The highest BCUT2D eigenvalue weighted by Crippen LogP contribution is 2.53. The van der Waals surface area contributed by atoms with E-state index in [0.717, 1.165) is 32.1 Å². The normalized spacial score (nSPS) is 22.4. The summed E-state index contributed by atoms with van der Waals surface area (Å²) in [6, 6.07) is 17.5. The lowest BCUT2D eigenvalue weighted by Gasteiger charge is -2.30. The molecule has 2 aromatic carbocycles. The fourth-order valence-corrected chi connectivity index (χ4v) is 7.50. The summed E-state index contributed by atoms with van der Waals surface area (Å²) in [5, 5.41) is 3.75. The van der Waals surface area contributed by atoms with Gasteiger partial charge in [-0.15, -0.1) is 0 Å². The van der Waals surface area contributed by atoms with E-state index in [1.165, 1.54) is 23.1 Å². The minimum absolute atomic E-state index is 0.109. The Balaban J connectivity index is 1.65. The average molecular weight is 448 g/mol. The number of amides is 2. The van der Waals surface area contributed by atoms with Crippen molar-refractivity contribution in [2.45, 2.75) is 16.2 Å². The molecule has 8 heteroatoms. The number of aromatic nitrogens is 2. The molecule has 0 saturated carbocycles. The molecular formula is C23H17N3O3S2. The van der Waals surface area contributed by atoms with E-state index in [4.69, 9.17) is 0 Å². The molecule has 0 radical (unpaired) electrons. The summed E-state index contributed by atoms with van der Waals surface area (Å²) in [6.07, 6.45) is 2.03. The summed E-state index contributed by atoms with van der Waals surface area (Å²) in [4.78, 5) is 39.4. The van der Waals surface area contributed by atoms with Crippen molar-refractivity contribution < 1.29 is 9.59 Å². The van der Waals surface area contributed by atoms with Crippen LogP contribution in [0, 0.1) is 5.92 Å². The molecule has 1 saturated heterocycles. The third-order valence-electron chi connectivity index (χ3n) is 6.08. The fraction of sp³-hybridized carbons (Fsp3) is 0.174. The van der Waals surface area contributed by atoms with Gasteiger partial charge in [-0.3, -0.25) is 24.3 Å². The van der Waals surface area contributed by atoms with Gasteiger partial charge >= 0.3 is 4.87 Å². The number of aryl methyl sites for hydroxylation is 1. The first-order valence-corrected chi connectivity index (χ1v) is 11.6. The highest BCUT2D eigenvalue weighted by Gasteiger charge is 2.53. The highest BCUT2D eigenvalue weighted by molar-refractivity contribution is 8.00. The van der Waals surface area contributed by atoms with Crippen LogP contribution < -0.4 is 10.2 Å². The molecular weight excluding hydrogens is 430 g/mol. The zero-order chi connectivity index (χ0) is 21.3. The standard InChI is InChI=1S/C23H17N3O3S2/c1-25-11-14(13-9-5-6-10-15(13)25)16-17-18(21(28)24-20(17)27)30-22-19(16)31-23(29)26(22)12-7-3-2-4-8-12/h2-11,16-18H,1H3,(H,24,27,28)/t16-,17-,18+/m1/s1. The van der Waals surface area contributed by atoms with Gasteiger partial charge in [-0.2, -0.15) is 0 Å². The second kappa shape index (κ2) is 6.70. The number of benzene rings is 2. The van der Waals surface area contributed by atoms with E-state index >= 15 is 0 Å². The maximum Gasteiger partial charge on any atom is 0.312 e. The Morgan fingerprint density at radius 1 is 0.935 bits per heavy atom. The molecule has 2 amide bonds. The van der Waals surface area contributed by atoms with Gasteiger partial charge in [0.25, 0.3) is 0 Å². The number of carbonyl (C=O) groups excluding carboxylic acids is 2. The van der Waals surface area contributed by atoms with Gasteiger partial charge in [0.05, 0.1) is 16.6 Å². The molecule has 1 N–H and O–H groups in total. The Bertz CT molecular complexity index is 1430. The Labute approximate surface area is 185 Å². The molecule has 1 fully saturated rings. The van der Waals surface area contributed by atoms with Crippen molar-refractivity contribution in [1.82, 2.24) is 14.5 Å². The van der Waals surface area contributed by atoms with E-state index in [0.29, 0.717) is 0 Å². The molecule has 2 aromatic heterocycles. The molecule has 4 heterocycles. The number of nitrogens with one attached hydrogen (secondary N) is 1. The first-order valence-electron chi connectivity index (χ1n) is 9.91. The lowest BCUT2D eigenvalue weighted by molar-refractivity contribution is -0.125. The first-order chi connectivity index (χ1) is 15.0. The number of carbonyl (C=O) groups is 2. The van der Waals surface area contributed by atoms with Crippen LogP contribution in [0.1, 0.15) is 16.4 Å². The number of hydrogen-bond donors (Lipinski definition) is 1. The molecule has 31 heavy (non-hydrogen) atoms. The van der Waals surface area contributed by atoms with Gasteiger partial charge < -0.3 is 4.57 Å². The molecule has 2 aliphatic heterocycles. The van der Waals surface area contributed by atoms with Gasteiger partial charge in [0.15, 0.2) is 0 Å². The minimum atomic E-state index is -0.562. The number of thioether (sulfide) groups is 1. The predicted molar refractivity (Wildman–Crippen MR) is 121 cm³/mol. The summed E-state index contributed by atoms with van der Waals surface area (Å²) in [7, 11) is 1.97. The number of para-hydroxylation sites is 2. The monoisotopic (exact) mass is 447 g/mol. The molecule has 6 nitrogen and oxygen atoms in total. The van der Waals surface area contributed by atoms with Crippen LogP contribution in [-0.4, -0.2) is 26.2 Å². The van der Waals surface area contributed by atoms with Crippen LogP contribution >= 0.6 is 23.1 Å². The minimum Gasteiger partial charge on any atom is -0.350 e. The Morgan fingerprint density at radius 3 is 2.48 bits per heavy atom. The van der Waals surface area contributed by atoms with Crippen LogP contribution in [0.4, 0.5) is 0 Å². The molecule has 0 spiro atoms. The van der Waals surface area contributed by atoms with Crippen molar-refractivity contribution in [3.05, 3.63) is 80.9 Å². The first kappa shape index (κ1) is 18.7. The summed E-state index contributed by atoms with van der Waals surface area (Å²) < 4.78 is 3.71. The van der Waals surface area contributed by atoms with Crippen LogP contribution in [0.3, 0.4) is 0 Å². The van der Waals surface area contributed by atoms with Gasteiger partial charge in [0.1, 0.15) is 5.25 Å². The summed E-state index contributed by atoms with van der Waals surface area (Å²) in [6.45, 7) is 0. The van der Waals surface area contributed by atoms with Gasteiger partial charge in [-0.05, 0) is 23.8 Å². The van der Waals surface area contributed by atoms with Crippen molar-refractivity contribution in [2.75, 3.05) is 0 Å². The number of hydrogen-bond acceptors (Lipinski definition) is 5. The van der Waals surface area contributed by atoms with Crippen molar-refractivity contribution in [3.8, 4) is 5.69 Å².